The van der Waals surface area contributed by atoms with Crippen LogP contribution < -0.4 is 5.32 Å². The van der Waals surface area contributed by atoms with Gasteiger partial charge in [-0.15, -0.1) is 0 Å². The first-order valence-electron chi connectivity index (χ1n) is 8.60. The number of hydrogen-bond acceptors (Lipinski definition) is 3. The number of nitrogens with zero attached hydrogens (tertiary/aromatic N) is 3. The summed E-state index contributed by atoms with van der Waals surface area (Å²) < 4.78 is 0. The Morgan fingerprint density at radius 3 is 2.83 bits per heavy atom. The van der Waals surface area contributed by atoms with Crippen LogP contribution in [0, 0.1) is 0 Å². The fourth-order valence-corrected chi connectivity index (χ4v) is 2.78. The lowest BCUT2D eigenvalue weighted by atomic mass is 10.1. The third-order valence-corrected chi connectivity index (χ3v) is 4.19. The lowest BCUT2D eigenvalue weighted by Crippen LogP contribution is -2.40. The number of aliphatic hydroxyl groups excluding tert-OH is 1. The maximum absolute atomic E-state index is 9.72. The van der Waals surface area contributed by atoms with E-state index in [2.05, 4.69) is 60.3 Å². The van der Waals surface area contributed by atoms with Crippen LogP contribution in [0.3, 0.4) is 0 Å². The number of nitrogens with one attached hydrogen (secondary N) is 1. The third-order valence-electron chi connectivity index (χ3n) is 4.19. The van der Waals surface area contributed by atoms with Gasteiger partial charge in [-0.2, -0.15) is 0 Å². The highest BCUT2D eigenvalue weighted by Gasteiger charge is 2.22. The second-order valence-corrected chi connectivity index (χ2v) is 6.21. The van der Waals surface area contributed by atoms with Crippen molar-refractivity contribution in [3.05, 3.63) is 35.4 Å². The standard InChI is InChI=1S/C18H30N4O/c1-4-19-18(22-10-9-17(23)14-22)20-12-15-7-6-8-16(11-15)13-21(3)5-2/h6-8,11,17,23H,4-5,9-10,12-14H2,1-3H3,(H,19,20)/t17-/m1/s1. The summed E-state index contributed by atoms with van der Waals surface area (Å²) in [6.07, 6.45) is 0.593. The van der Waals surface area contributed by atoms with Gasteiger partial charge in [0.15, 0.2) is 5.96 Å². The minimum atomic E-state index is -0.230. The Kier molecular flexibility index (Phi) is 6.86. The summed E-state index contributed by atoms with van der Waals surface area (Å²) in [7, 11) is 2.13. The van der Waals surface area contributed by atoms with E-state index in [0.717, 1.165) is 38.6 Å². The van der Waals surface area contributed by atoms with Crippen molar-refractivity contribution in [1.82, 2.24) is 15.1 Å². The Balaban J connectivity index is 2.02. The molecule has 1 heterocycles. The molecule has 0 spiro atoms. The van der Waals surface area contributed by atoms with E-state index in [-0.39, 0.29) is 6.10 Å². The summed E-state index contributed by atoms with van der Waals surface area (Å²) in [5.41, 5.74) is 2.55. The van der Waals surface area contributed by atoms with E-state index in [1.807, 2.05) is 0 Å². The highest BCUT2D eigenvalue weighted by atomic mass is 16.3. The van der Waals surface area contributed by atoms with Gasteiger partial charge in [0.1, 0.15) is 0 Å². The van der Waals surface area contributed by atoms with Gasteiger partial charge in [-0.25, -0.2) is 4.99 Å². The van der Waals surface area contributed by atoms with Gasteiger partial charge in [0.05, 0.1) is 12.6 Å². The van der Waals surface area contributed by atoms with Crippen molar-refractivity contribution in [1.29, 1.82) is 0 Å². The van der Waals surface area contributed by atoms with Gasteiger partial charge in [0.2, 0.25) is 0 Å². The molecule has 1 aromatic carbocycles. The molecular formula is C18H30N4O. The highest BCUT2D eigenvalue weighted by Crippen LogP contribution is 2.11. The molecule has 1 saturated heterocycles. The number of benzene rings is 1. The number of aliphatic hydroxyl groups is 1. The van der Waals surface area contributed by atoms with Crippen molar-refractivity contribution in [2.24, 2.45) is 4.99 Å². The molecule has 2 N–H and O–H groups in total. The van der Waals surface area contributed by atoms with Crippen LogP contribution in [0.1, 0.15) is 31.4 Å². The van der Waals surface area contributed by atoms with Crippen LogP contribution in [0.25, 0.3) is 0 Å². The molecule has 1 fully saturated rings. The van der Waals surface area contributed by atoms with E-state index in [4.69, 9.17) is 4.99 Å². The first-order chi connectivity index (χ1) is 11.1. The second-order valence-electron chi connectivity index (χ2n) is 6.21. The molecule has 1 aliphatic heterocycles. The molecule has 2 rings (SSSR count). The van der Waals surface area contributed by atoms with E-state index in [1.165, 1.54) is 11.1 Å². The zero-order chi connectivity index (χ0) is 16.7. The Morgan fingerprint density at radius 1 is 1.39 bits per heavy atom. The predicted octanol–water partition coefficient (Wildman–Crippen LogP) is 1.67. The zero-order valence-electron chi connectivity index (χ0n) is 14.6. The minimum Gasteiger partial charge on any atom is -0.391 e. The lowest BCUT2D eigenvalue weighted by Gasteiger charge is -2.21. The SMILES string of the molecule is CCNC(=NCc1cccc(CN(C)CC)c1)N1CC[C@@H](O)C1. The van der Waals surface area contributed by atoms with Gasteiger partial charge < -0.3 is 20.2 Å². The van der Waals surface area contributed by atoms with Gasteiger partial charge in [-0.05, 0) is 38.1 Å². The van der Waals surface area contributed by atoms with E-state index < -0.39 is 0 Å². The maximum atomic E-state index is 9.72. The highest BCUT2D eigenvalue weighted by molar-refractivity contribution is 5.80. The molecule has 0 bridgehead atoms. The summed E-state index contributed by atoms with van der Waals surface area (Å²) in [6.45, 7) is 9.30. The molecule has 5 heteroatoms. The average molecular weight is 318 g/mol. The maximum Gasteiger partial charge on any atom is 0.194 e. The fourth-order valence-electron chi connectivity index (χ4n) is 2.78. The van der Waals surface area contributed by atoms with Gasteiger partial charge in [-0.3, -0.25) is 0 Å². The van der Waals surface area contributed by atoms with E-state index >= 15 is 0 Å². The Morgan fingerprint density at radius 2 is 2.17 bits per heavy atom. The van der Waals surface area contributed by atoms with E-state index in [9.17, 15) is 5.11 Å². The molecule has 0 unspecified atom stereocenters. The molecule has 0 saturated carbocycles. The number of hydrogen-bond donors (Lipinski definition) is 2. The van der Waals surface area contributed by atoms with Crippen molar-refractivity contribution in [3.8, 4) is 0 Å². The van der Waals surface area contributed by atoms with Crippen molar-refractivity contribution >= 4 is 5.96 Å². The summed E-state index contributed by atoms with van der Waals surface area (Å²) in [4.78, 5) is 9.18. The smallest absolute Gasteiger partial charge is 0.194 e. The molecule has 0 aliphatic carbocycles. The van der Waals surface area contributed by atoms with Crippen LogP contribution >= 0.6 is 0 Å². The molecule has 0 aromatic heterocycles. The lowest BCUT2D eigenvalue weighted by molar-refractivity contribution is 0.188. The van der Waals surface area contributed by atoms with Gasteiger partial charge in [0.25, 0.3) is 0 Å². The van der Waals surface area contributed by atoms with Crippen LogP contribution in [0.2, 0.25) is 0 Å². The summed E-state index contributed by atoms with van der Waals surface area (Å²) >= 11 is 0. The Labute approximate surface area is 140 Å². The Bertz CT molecular complexity index is 517. The van der Waals surface area contributed by atoms with Crippen LogP contribution in [-0.2, 0) is 13.1 Å². The Hall–Kier alpha value is -1.59. The van der Waals surface area contributed by atoms with Gasteiger partial charge in [0, 0.05) is 26.2 Å². The van der Waals surface area contributed by atoms with Crippen molar-refractivity contribution in [2.75, 3.05) is 33.2 Å². The van der Waals surface area contributed by atoms with Crippen molar-refractivity contribution in [2.45, 2.75) is 39.5 Å². The number of aliphatic imine (C=N–C) groups is 1. The topological polar surface area (TPSA) is 51.1 Å². The summed E-state index contributed by atoms with van der Waals surface area (Å²) in [5.74, 6) is 0.903. The zero-order valence-corrected chi connectivity index (χ0v) is 14.6. The summed E-state index contributed by atoms with van der Waals surface area (Å²) in [6, 6.07) is 8.64. The molecule has 1 aliphatic rings. The molecule has 5 nitrogen and oxygen atoms in total. The molecule has 23 heavy (non-hydrogen) atoms. The quantitative estimate of drug-likeness (QED) is 0.619. The minimum absolute atomic E-state index is 0.230. The first-order valence-corrected chi connectivity index (χ1v) is 8.60. The average Bonchev–Trinajstić information content (AvgIpc) is 2.98. The second kappa shape index (κ2) is 8.89. The fraction of sp³-hybridized carbons (Fsp3) is 0.611. The first kappa shape index (κ1) is 17.8. The van der Waals surface area contributed by atoms with E-state index in [1.54, 1.807) is 0 Å². The largest absolute Gasteiger partial charge is 0.391 e. The molecule has 1 aromatic rings. The molecule has 0 radical (unpaired) electrons. The number of β-amino-alcohol motifs (C(OH)–C–C–N with tert-alkyl or cyclic N) is 1. The van der Waals surface area contributed by atoms with Gasteiger partial charge in [-0.1, -0.05) is 31.2 Å². The van der Waals surface area contributed by atoms with Crippen molar-refractivity contribution < 1.29 is 5.11 Å². The number of guanidine groups is 1. The van der Waals surface area contributed by atoms with Crippen LogP contribution in [0.15, 0.2) is 29.3 Å². The van der Waals surface area contributed by atoms with Gasteiger partial charge >= 0.3 is 0 Å². The molecule has 0 amide bonds. The monoisotopic (exact) mass is 318 g/mol. The van der Waals surface area contributed by atoms with Crippen LogP contribution in [-0.4, -0.2) is 60.2 Å². The number of rotatable bonds is 6. The van der Waals surface area contributed by atoms with Crippen molar-refractivity contribution in [3.63, 3.8) is 0 Å². The normalized spacial score (nSPS) is 18.7. The number of likely N-dealkylation sites (tertiary alicyclic amines) is 1. The third kappa shape index (κ3) is 5.52. The predicted molar refractivity (Wildman–Crippen MR) is 95.5 cm³/mol. The molecule has 1 atom stereocenters. The van der Waals surface area contributed by atoms with E-state index in [0.29, 0.717) is 13.1 Å². The summed E-state index contributed by atoms with van der Waals surface area (Å²) in [5, 5.41) is 13.0. The van der Waals surface area contributed by atoms with Crippen LogP contribution in [0.5, 0.6) is 0 Å². The van der Waals surface area contributed by atoms with Crippen LogP contribution in [0.4, 0.5) is 0 Å². The molecule has 128 valence electrons. The molecular weight excluding hydrogens is 288 g/mol.